The van der Waals surface area contributed by atoms with E-state index in [1.54, 1.807) is 37.3 Å². The molecule has 0 aliphatic heterocycles. The molecule has 90 valence electrons. The number of rotatable bonds is 4. The molecule has 2 atom stereocenters. The van der Waals surface area contributed by atoms with E-state index in [0.29, 0.717) is 0 Å². The third kappa shape index (κ3) is 3.50. The van der Waals surface area contributed by atoms with Gasteiger partial charge >= 0.3 is 6.18 Å². The van der Waals surface area contributed by atoms with Crippen LogP contribution in [0.15, 0.2) is 30.3 Å². The Balaban J connectivity index is 2.67. The molecule has 0 radical (unpaired) electrons. The van der Waals surface area contributed by atoms with Crippen LogP contribution in [0.3, 0.4) is 0 Å². The second kappa shape index (κ2) is 5.32. The summed E-state index contributed by atoms with van der Waals surface area (Å²) < 4.78 is 37.1. The molecular formula is C11H14F3NO. The molecule has 5 heteroatoms. The smallest absolute Gasteiger partial charge is 0.394 e. The van der Waals surface area contributed by atoms with Crippen LogP contribution in [0, 0.1) is 0 Å². The standard InChI is InChI=1S/C11H14F3NO/c1-8(9-5-3-2-4-6-9)15-10(7-16)11(12,13)14/h2-6,8,10,15-16H,7H2,1H3/t8-,10+/m0/s1. The lowest BCUT2D eigenvalue weighted by Gasteiger charge is -2.24. The van der Waals surface area contributed by atoms with Crippen LogP contribution in [0.1, 0.15) is 18.5 Å². The van der Waals surface area contributed by atoms with E-state index in [1.807, 2.05) is 0 Å². The van der Waals surface area contributed by atoms with E-state index in [4.69, 9.17) is 5.11 Å². The van der Waals surface area contributed by atoms with E-state index in [1.165, 1.54) is 0 Å². The summed E-state index contributed by atoms with van der Waals surface area (Å²) in [5, 5.41) is 11.0. The van der Waals surface area contributed by atoms with Crippen molar-refractivity contribution >= 4 is 0 Å². The Hall–Kier alpha value is -1.07. The quantitative estimate of drug-likeness (QED) is 0.836. The fraction of sp³-hybridized carbons (Fsp3) is 0.455. The number of nitrogens with one attached hydrogen (secondary N) is 1. The monoisotopic (exact) mass is 233 g/mol. The number of alkyl halides is 3. The van der Waals surface area contributed by atoms with E-state index in [2.05, 4.69) is 5.32 Å². The average molecular weight is 233 g/mol. The molecule has 0 aromatic heterocycles. The van der Waals surface area contributed by atoms with Crippen molar-refractivity contribution in [3.05, 3.63) is 35.9 Å². The molecule has 0 spiro atoms. The summed E-state index contributed by atoms with van der Waals surface area (Å²) in [4.78, 5) is 0. The molecular weight excluding hydrogens is 219 g/mol. The summed E-state index contributed by atoms with van der Waals surface area (Å²) in [6.45, 7) is 0.671. The minimum Gasteiger partial charge on any atom is -0.394 e. The van der Waals surface area contributed by atoms with Crippen LogP contribution in [-0.2, 0) is 0 Å². The van der Waals surface area contributed by atoms with Crippen molar-refractivity contribution in [2.45, 2.75) is 25.2 Å². The molecule has 2 N–H and O–H groups in total. The molecule has 1 aromatic carbocycles. The Labute approximate surface area is 92.1 Å². The molecule has 16 heavy (non-hydrogen) atoms. The zero-order valence-electron chi connectivity index (χ0n) is 8.83. The zero-order valence-corrected chi connectivity index (χ0v) is 8.83. The van der Waals surface area contributed by atoms with Crippen LogP contribution in [0.2, 0.25) is 0 Å². The van der Waals surface area contributed by atoms with Gasteiger partial charge in [0.05, 0.1) is 6.61 Å². The maximum absolute atomic E-state index is 12.4. The fourth-order valence-electron chi connectivity index (χ4n) is 1.39. The van der Waals surface area contributed by atoms with Gasteiger partial charge < -0.3 is 5.11 Å². The molecule has 0 fully saturated rings. The van der Waals surface area contributed by atoms with Crippen molar-refractivity contribution in [2.24, 2.45) is 0 Å². The molecule has 0 unspecified atom stereocenters. The van der Waals surface area contributed by atoms with E-state index in [9.17, 15) is 13.2 Å². The van der Waals surface area contributed by atoms with Crippen molar-refractivity contribution in [3.8, 4) is 0 Å². The van der Waals surface area contributed by atoms with Crippen LogP contribution in [0.5, 0.6) is 0 Å². The summed E-state index contributed by atoms with van der Waals surface area (Å²) in [5.74, 6) is 0. The molecule has 1 rings (SSSR count). The molecule has 1 aromatic rings. The van der Waals surface area contributed by atoms with Gasteiger partial charge in [0.1, 0.15) is 6.04 Å². The molecule has 0 heterocycles. The first-order chi connectivity index (χ1) is 7.45. The van der Waals surface area contributed by atoms with Crippen LogP contribution in [-0.4, -0.2) is 23.9 Å². The lowest BCUT2D eigenvalue weighted by Crippen LogP contribution is -2.45. The van der Waals surface area contributed by atoms with Crippen LogP contribution >= 0.6 is 0 Å². The lowest BCUT2D eigenvalue weighted by atomic mass is 10.1. The molecule has 0 aliphatic rings. The Morgan fingerprint density at radius 2 is 1.81 bits per heavy atom. The maximum atomic E-state index is 12.4. The van der Waals surface area contributed by atoms with Gasteiger partial charge in [-0.15, -0.1) is 0 Å². The Bertz CT molecular complexity index is 313. The normalized spacial score (nSPS) is 15.8. The molecule has 2 nitrogen and oxygen atoms in total. The van der Waals surface area contributed by atoms with E-state index >= 15 is 0 Å². The van der Waals surface area contributed by atoms with Gasteiger partial charge in [-0.1, -0.05) is 30.3 Å². The first-order valence-corrected chi connectivity index (χ1v) is 4.93. The summed E-state index contributed by atoms with van der Waals surface area (Å²) in [6.07, 6.45) is -4.43. The number of aliphatic hydroxyl groups is 1. The highest BCUT2D eigenvalue weighted by atomic mass is 19.4. The van der Waals surface area contributed by atoms with Gasteiger partial charge in [-0.2, -0.15) is 13.2 Å². The summed E-state index contributed by atoms with van der Waals surface area (Å²) in [7, 11) is 0. The fourth-order valence-corrected chi connectivity index (χ4v) is 1.39. The number of aliphatic hydroxyl groups excluding tert-OH is 1. The van der Waals surface area contributed by atoms with E-state index in [-0.39, 0.29) is 0 Å². The Kier molecular flexibility index (Phi) is 4.32. The van der Waals surface area contributed by atoms with Crippen LogP contribution in [0.25, 0.3) is 0 Å². The molecule has 0 saturated heterocycles. The summed E-state index contributed by atoms with van der Waals surface area (Å²) in [6, 6.07) is 6.45. The molecule has 0 aliphatic carbocycles. The highest BCUT2D eigenvalue weighted by Crippen LogP contribution is 2.22. The first kappa shape index (κ1) is 13.0. The third-order valence-electron chi connectivity index (χ3n) is 2.33. The summed E-state index contributed by atoms with van der Waals surface area (Å²) >= 11 is 0. The second-order valence-electron chi connectivity index (χ2n) is 3.58. The SMILES string of the molecule is C[C@H](N[C@H](CO)C(F)(F)F)c1ccccc1. The molecule has 0 saturated carbocycles. The number of hydrogen-bond acceptors (Lipinski definition) is 2. The average Bonchev–Trinajstić information content (AvgIpc) is 2.25. The second-order valence-corrected chi connectivity index (χ2v) is 3.58. The van der Waals surface area contributed by atoms with E-state index < -0.39 is 24.9 Å². The molecule has 0 bridgehead atoms. The largest absolute Gasteiger partial charge is 0.406 e. The third-order valence-corrected chi connectivity index (χ3v) is 2.33. The Morgan fingerprint density at radius 1 is 1.25 bits per heavy atom. The number of halogens is 3. The maximum Gasteiger partial charge on any atom is 0.406 e. The van der Waals surface area contributed by atoms with Gasteiger partial charge in [0.25, 0.3) is 0 Å². The minimum absolute atomic E-state index is 0.458. The summed E-state index contributed by atoms with van der Waals surface area (Å²) in [5.41, 5.74) is 0.755. The number of benzene rings is 1. The van der Waals surface area contributed by atoms with Gasteiger partial charge in [-0.25, -0.2) is 0 Å². The van der Waals surface area contributed by atoms with Crippen LogP contribution in [0.4, 0.5) is 13.2 Å². The van der Waals surface area contributed by atoms with Crippen molar-refractivity contribution < 1.29 is 18.3 Å². The highest BCUT2D eigenvalue weighted by molar-refractivity contribution is 5.18. The highest BCUT2D eigenvalue weighted by Gasteiger charge is 2.39. The predicted octanol–water partition coefficient (Wildman–Crippen LogP) is 2.26. The first-order valence-electron chi connectivity index (χ1n) is 4.93. The van der Waals surface area contributed by atoms with Crippen molar-refractivity contribution in [1.29, 1.82) is 0 Å². The van der Waals surface area contributed by atoms with Gasteiger partial charge in [-0.3, -0.25) is 5.32 Å². The van der Waals surface area contributed by atoms with Gasteiger partial charge in [0.2, 0.25) is 0 Å². The Morgan fingerprint density at radius 3 is 2.25 bits per heavy atom. The van der Waals surface area contributed by atoms with Crippen molar-refractivity contribution in [2.75, 3.05) is 6.61 Å². The number of hydrogen-bond donors (Lipinski definition) is 2. The van der Waals surface area contributed by atoms with Crippen molar-refractivity contribution in [3.63, 3.8) is 0 Å². The zero-order chi connectivity index (χ0) is 12.2. The van der Waals surface area contributed by atoms with Gasteiger partial charge in [-0.05, 0) is 12.5 Å². The van der Waals surface area contributed by atoms with Crippen LogP contribution < -0.4 is 5.32 Å². The van der Waals surface area contributed by atoms with Gasteiger partial charge in [0, 0.05) is 6.04 Å². The predicted molar refractivity (Wildman–Crippen MR) is 54.9 cm³/mol. The topological polar surface area (TPSA) is 32.3 Å². The van der Waals surface area contributed by atoms with E-state index in [0.717, 1.165) is 5.56 Å². The van der Waals surface area contributed by atoms with Crippen molar-refractivity contribution in [1.82, 2.24) is 5.32 Å². The molecule has 0 amide bonds. The minimum atomic E-state index is -4.43. The van der Waals surface area contributed by atoms with Gasteiger partial charge in [0.15, 0.2) is 0 Å². The lowest BCUT2D eigenvalue weighted by molar-refractivity contribution is -0.165.